The van der Waals surface area contributed by atoms with Crippen LogP contribution in [0.15, 0.2) is 40.9 Å². The lowest BCUT2D eigenvalue weighted by Gasteiger charge is -2.19. The van der Waals surface area contributed by atoms with Crippen molar-refractivity contribution in [1.82, 2.24) is 0 Å². The van der Waals surface area contributed by atoms with Gasteiger partial charge in [0.2, 0.25) is 0 Å². The van der Waals surface area contributed by atoms with Gasteiger partial charge in [-0.05, 0) is 34.7 Å². The largest absolute Gasteiger partial charge is 0.324 e. The second-order valence-electron chi connectivity index (χ2n) is 5.67. The standard InChI is InChI=1S/C17H20BrN/c18-16-10-9-15(13-7-3-4-8-14(13)16)17(19)11-12-5-1-2-6-12/h3-4,7-10,12,17H,1-2,5-6,11,19H2. The number of nitrogens with two attached hydrogens (primary N) is 1. The van der Waals surface area contributed by atoms with Crippen LogP contribution in [0, 0.1) is 5.92 Å². The molecule has 1 aliphatic rings. The molecule has 2 heteroatoms. The van der Waals surface area contributed by atoms with E-state index in [1.807, 2.05) is 0 Å². The average molecular weight is 318 g/mol. The highest BCUT2D eigenvalue weighted by molar-refractivity contribution is 9.10. The minimum atomic E-state index is 0.168. The molecule has 0 spiro atoms. The summed E-state index contributed by atoms with van der Waals surface area (Å²) in [6.07, 6.45) is 6.63. The zero-order chi connectivity index (χ0) is 13.2. The van der Waals surface area contributed by atoms with Crippen LogP contribution in [0.2, 0.25) is 0 Å². The minimum absolute atomic E-state index is 0.168. The van der Waals surface area contributed by atoms with Gasteiger partial charge in [0.15, 0.2) is 0 Å². The Bertz CT molecular complexity index is 572. The van der Waals surface area contributed by atoms with E-state index in [2.05, 4.69) is 52.3 Å². The van der Waals surface area contributed by atoms with Gasteiger partial charge in [-0.1, -0.05) is 71.9 Å². The van der Waals surface area contributed by atoms with Crippen LogP contribution in [0.25, 0.3) is 10.8 Å². The summed E-state index contributed by atoms with van der Waals surface area (Å²) in [6.45, 7) is 0. The monoisotopic (exact) mass is 317 g/mol. The molecule has 0 aromatic heterocycles. The van der Waals surface area contributed by atoms with Gasteiger partial charge in [0.25, 0.3) is 0 Å². The lowest BCUT2D eigenvalue weighted by Crippen LogP contribution is -2.14. The fourth-order valence-corrected chi connectivity index (χ4v) is 3.82. The van der Waals surface area contributed by atoms with Crippen molar-refractivity contribution in [1.29, 1.82) is 0 Å². The lowest BCUT2D eigenvalue weighted by atomic mass is 9.91. The molecule has 0 aliphatic heterocycles. The van der Waals surface area contributed by atoms with Crippen molar-refractivity contribution in [2.24, 2.45) is 11.7 Å². The molecule has 0 amide bonds. The van der Waals surface area contributed by atoms with Crippen molar-refractivity contribution in [2.75, 3.05) is 0 Å². The number of fused-ring (bicyclic) bond motifs is 1. The molecule has 0 bridgehead atoms. The third kappa shape index (κ3) is 2.70. The first-order valence-electron chi connectivity index (χ1n) is 7.18. The molecule has 0 heterocycles. The topological polar surface area (TPSA) is 26.0 Å². The third-order valence-corrected chi connectivity index (χ3v) is 5.06. The Morgan fingerprint density at radius 2 is 1.74 bits per heavy atom. The highest BCUT2D eigenvalue weighted by Crippen LogP contribution is 2.35. The Morgan fingerprint density at radius 1 is 1.05 bits per heavy atom. The van der Waals surface area contributed by atoms with E-state index in [9.17, 15) is 0 Å². The maximum atomic E-state index is 6.48. The smallest absolute Gasteiger partial charge is 0.0303 e. The number of hydrogen-bond acceptors (Lipinski definition) is 1. The van der Waals surface area contributed by atoms with E-state index < -0.39 is 0 Å². The van der Waals surface area contributed by atoms with Gasteiger partial charge in [-0.15, -0.1) is 0 Å². The molecule has 2 aromatic carbocycles. The van der Waals surface area contributed by atoms with Crippen LogP contribution >= 0.6 is 15.9 Å². The fraction of sp³-hybridized carbons (Fsp3) is 0.412. The zero-order valence-corrected chi connectivity index (χ0v) is 12.7. The Kier molecular flexibility index (Phi) is 3.90. The summed E-state index contributed by atoms with van der Waals surface area (Å²) >= 11 is 3.63. The molecule has 19 heavy (non-hydrogen) atoms. The van der Waals surface area contributed by atoms with E-state index in [1.54, 1.807) is 0 Å². The van der Waals surface area contributed by atoms with Crippen LogP contribution in [0.4, 0.5) is 0 Å². The molecule has 1 saturated carbocycles. The second kappa shape index (κ2) is 5.64. The predicted molar refractivity (Wildman–Crippen MR) is 85.2 cm³/mol. The lowest BCUT2D eigenvalue weighted by molar-refractivity contribution is 0.452. The molecule has 2 N–H and O–H groups in total. The third-order valence-electron chi connectivity index (χ3n) is 4.37. The van der Waals surface area contributed by atoms with Gasteiger partial charge in [-0.3, -0.25) is 0 Å². The molecule has 2 aromatic rings. The molecule has 100 valence electrons. The minimum Gasteiger partial charge on any atom is -0.324 e. The van der Waals surface area contributed by atoms with Crippen molar-refractivity contribution in [3.8, 4) is 0 Å². The van der Waals surface area contributed by atoms with E-state index in [4.69, 9.17) is 5.73 Å². The highest BCUT2D eigenvalue weighted by Gasteiger charge is 2.20. The maximum Gasteiger partial charge on any atom is 0.0303 e. The van der Waals surface area contributed by atoms with Gasteiger partial charge in [-0.2, -0.15) is 0 Å². The summed E-state index contributed by atoms with van der Waals surface area (Å²) in [7, 11) is 0. The van der Waals surface area contributed by atoms with Crippen molar-refractivity contribution < 1.29 is 0 Å². The zero-order valence-electron chi connectivity index (χ0n) is 11.1. The van der Waals surface area contributed by atoms with Crippen LogP contribution < -0.4 is 5.73 Å². The first-order valence-corrected chi connectivity index (χ1v) is 7.98. The number of benzene rings is 2. The van der Waals surface area contributed by atoms with Gasteiger partial charge in [0.05, 0.1) is 0 Å². The van der Waals surface area contributed by atoms with Crippen molar-refractivity contribution in [2.45, 2.75) is 38.1 Å². The normalized spacial score (nSPS) is 18.0. The molecule has 1 aliphatic carbocycles. The van der Waals surface area contributed by atoms with E-state index in [0.717, 1.165) is 16.8 Å². The van der Waals surface area contributed by atoms with Gasteiger partial charge < -0.3 is 5.73 Å². The van der Waals surface area contributed by atoms with E-state index in [0.29, 0.717) is 0 Å². The Morgan fingerprint density at radius 3 is 2.47 bits per heavy atom. The first-order chi connectivity index (χ1) is 9.25. The van der Waals surface area contributed by atoms with Gasteiger partial charge in [0, 0.05) is 10.5 Å². The molecular formula is C17H20BrN. The molecule has 3 rings (SSSR count). The molecule has 1 nitrogen and oxygen atoms in total. The summed E-state index contributed by atoms with van der Waals surface area (Å²) in [5.74, 6) is 0.831. The van der Waals surface area contributed by atoms with E-state index in [-0.39, 0.29) is 6.04 Å². The number of hydrogen-bond donors (Lipinski definition) is 1. The number of halogens is 1. The molecule has 1 atom stereocenters. The second-order valence-corrected chi connectivity index (χ2v) is 6.53. The first kappa shape index (κ1) is 13.1. The summed E-state index contributed by atoms with van der Waals surface area (Å²) < 4.78 is 1.15. The summed E-state index contributed by atoms with van der Waals surface area (Å²) in [6, 6.07) is 13.0. The van der Waals surface area contributed by atoms with Crippen molar-refractivity contribution >= 4 is 26.7 Å². The van der Waals surface area contributed by atoms with Crippen LogP contribution in [-0.4, -0.2) is 0 Å². The molecule has 1 unspecified atom stereocenters. The van der Waals surface area contributed by atoms with Crippen molar-refractivity contribution in [3.63, 3.8) is 0 Å². The average Bonchev–Trinajstić information content (AvgIpc) is 2.92. The summed E-state index contributed by atoms with van der Waals surface area (Å²) in [5, 5.41) is 2.56. The van der Waals surface area contributed by atoms with Gasteiger partial charge >= 0.3 is 0 Å². The van der Waals surface area contributed by atoms with E-state index in [1.165, 1.54) is 42.0 Å². The Hall–Kier alpha value is -0.860. The Balaban J connectivity index is 1.93. The SMILES string of the molecule is NC(CC1CCCC1)c1ccc(Br)c2ccccc12. The molecule has 1 fully saturated rings. The predicted octanol–water partition coefficient (Wildman–Crippen LogP) is 5.18. The summed E-state index contributed by atoms with van der Waals surface area (Å²) in [5.41, 5.74) is 7.77. The van der Waals surface area contributed by atoms with Gasteiger partial charge in [0.1, 0.15) is 0 Å². The Labute approximate surface area is 123 Å². The highest BCUT2D eigenvalue weighted by atomic mass is 79.9. The summed E-state index contributed by atoms with van der Waals surface area (Å²) in [4.78, 5) is 0. The van der Waals surface area contributed by atoms with Crippen molar-refractivity contribution in [3.05, 3.63) is 46.4 Å². The quantitative estimate of drug-likeness (QED) is 0.829. The molecular weight excluding hydrogens is 298 g/mol. The fourth-order valence-electron chi connectivity index (χ4n) is 3.34. The molecule has 0 radical (unpaired) electrons. The number of rotatable bonds is 3. The van der Waals surface area contributed by atoms with Gasteiger partial charge in [-0.25, -0.2) is 0 Å². The van der Waals surface area contributed by atoms with E-state index >= 15 is 0 Å². The van der Waals surface area contributed by atoms with Crippen LogP contribution in [0.3, 0.4) is 0 Å². The maximum absolute atomic E-state index is 6.48. The van der Waals surface area contributed by atoms with Crippen LogP contribution in [0.1, 0.15) is 43.7 Å². The van der Waals surface area contributed by atoms with Crippen LogP contribution in [0.5, 0.6) is 0 Å². The molecule has 0 saturated heterocycles. The van der Waals surface area contributed by atoms with Crippen LogP contribution in [-0.2, 0) is 0 Å².